The molecule has 3 aliphatic heterocycles. The molecule has 25 heavy (non-hydrogen) atoms. The molecule has 2 N–H and O–H groups in total. The summed E-state index contributed by atoms with van der Waals surface area (Å²) in [6, 6.07) is 8.31. The van der Waals surface area contributed by atoms with Crippen LogP contribution >= 0.6 is 0 Å². The van der Waals surface area contributed by atoms with Crippen LogP contribution in [0.1, 0.15) is 46.6 Å². The predicted octanol–water partition coefficient (Wildman–Crippen LogP) is 1.90. The van der Waals surface area contributed by atoms with Gasteiger partial charge in [0.05, 0.1) is 0 Å². The van der Waals surface area contributed by atoms with Gasteiger partial charge in [0.2, 0.25) is 0 Å². The number of hydrogen-bond acceptors (Lipinski definition) is 4. The molecule has 3 aliphatic rings. The maximum absolute atomic E-state index is 12.6. The van der Waals surface area contributed by atoms with Crippen LogP contribution in [0.15, 0.2) is 28.7 Å². The molecule has 4 heterocycles. The molecule has 0 saturated carbocycles. The molecular formula is C19H21N3O3. The minimum atomic E-state index is -0.0757. The Morgan fingerprint density at radius 2 is 2.08 bits per heavy atom. The van der Waals surface area contributed by atoms with Crippen molar-refractivity contribution < 1.29 is 14.0 Å². The van der Waals surface area contributed by atoms with E-state index in [0.29, 0.717) is 29.0 Å². The SMILES string of the molecule is O=C(N[C@@H]1C[C@H]2CC[C@@H]1N2)c1ccc2cc(C(=O)N3CCC3)oc2c1. The molecule has 3 saturated heterocycles. The predicted molar refractivity (Wildman–Crippen MR) is 92.6 cm³/mol. The maximum atomic E-state index is 12.6. The zero-order valence-electron chi connectivity index (χ0n) is 14.0. The Kier molecular flexibility index (Phi) is 3.35. The average molecular weight is 339 g/mol. The highest BCUT2D eigenvalue weighted by Crippen LogP contribution is 2.29. The van der Waals surface area contributed by atoms with Crippen molar-refractivity contribution in [2.24, 2.45) is 0 Å². The molecular weight excluding hydrogens is 318 g/mol. The smallest absolute Gasteiger partial charge is 0.289 e. The van der Waals surface area contributed by atoms with Gasteiger partial charge in [0.25, 0.3) is 11.8 Å². The fourth-order valence-electron chi connectivity index (χ4n) is 4.19. The topological polar surface area (TPSA) is 74.6 Å². The number of nitrogens with one attached hydrogen (secondary N) is 2. The van der Waals surface area contributed by atoms with Gasteiger partial charge in [-0.15, -0.1) is 0 Å². The summed E-state index contributed by atoms with van der Waals surface area (Å²) < 4.78 is 5.71. The summed E-state index contributed by atoms with van der Waals surface area (Å²) in [5, 5.41) is 7.51. The first-order chi connectivity index (χ1) is 12.2. The Hall–Kier alpha value is -2.34. The summed E-state index contributed by atoms with van der Waals surface area (Å²) in [4.78, 5) is 26.6. The van der Waals surface area contributed by atoms with E-state index in [4.69, 9.17) is 4.42 Å². The van der Waals surface area contributed by atoms with E-state index in [-0.39, 0.29) is 17.9 Å². The third kappa shape index (κ3) is 2.52. The van der Waals surface area contributed by atoms with E-state index in [9.17, 15) is 9.59 Å². The van der Waals surface area contributed by atoms with Crippen molar-refractivity contribution in [3.05, 3.63) is 35.6 Å². The summed E-state index contributed by atoms with van der Waals surface area (Å²) in [6.45, 7) is 1.59. The Morgan fingerprint density at radius 1 is 1.20 bits per heavy atom. The van der Waals surface area contributed by atoms with E-state index in [2.05, 4.69) is 10.6 Å². The minimum Gasteiger partial charge on any atom is -0.451 e. The van der Waals surface area contributed by atoms with Gasteiger partial charge in [-0.2, -0.15) is 0 Å². The number of rotatable bonds is 3. The van der Waals surface area contributed by atoms with Crippen molar-refractivity contribution >= 4 is 22.8 Å². The summed E-state index contributed by atoms with van der Waals surface area (Å²) >= 11 is 0. The van der Waals surface area contributed by atoms with Gasteiger partial charge in [-0.05, 0) is 43.9 Å². The Labute approximate surface area is 145 Å². The Bertz CT molecular complexity index is 855. The second kappa shape index (κ2) is 5.59. The van der Waals surface area contributed by atoms with E-state index in [1.54, 1.807) is 23.1 Å². The van der Waals surface area contributed by atoms with Gasteiger partial charge in [-0.25, -0.2) is 0 Å². The fourth-order valence-corrected chi connectivity index (χ4v) is 4.19. The van der Waals surface area contributed by atoms with Crippen molar-refractivity contribution in [1.82, 2.24) is 15.5 Å². The number of likely N-dealkylation sites (tertiary alicyclic amines) is 1. The van der Waals surface area contributed by atoms with Crippen molar-refractivity contribution in [3.63, 3.8) is 0 Å². The van der Waals surface area contributed by atoms with Crippen molar-refractivity contribution in [3.8, 4) is 0 Å². The number of furan rings is 1. The lowest BCUT2D eigenvalue weighted by atomic mass is 9.95. The first-order valence-electron chi connectivity index (χ1n) is 9.07. The largest absolute Gasteiger partial charge is 0.451 e. The zero-order valence-corrected chi connectivity index (χ0v) is 14.0. The van der Waals surface area contributed by atoms with Crippen LogP contribution < -0.4 is 10.6 Å². The lowest BCUT2D eigenvalue weighted by Gasteiger charge is -2.29. The van der Waals surface area contributed by atoms with Crippen molar-refractivity contribution in [2.75, 3.05) is 13.1 Å². The van der Waals surface area contributed by atoms with Crippen LogP contribution in [0.4, 0.5) is 0 Å². The van der Waals surface area contributed by atoms with Gasteiger partial charge in [-0.3, -0.25) is 9.59 Å². The van der Waals surface area contributed by atoms with Crippen LogP contribution in [-0.4, -0.2) is 47.9 Å². The molecule has 6 heteroatoms. The van der Waals surface area contributed by atoms with Crippen LogP contribution in [-0.2, 0) is 0 Å². The molecule has 2 aromatic rings. The molecule has 1 aromatic heterocycles. The third-order valence-corrected chi connectivity index (χ3v) is 5.75. The molecule has 2 amide bonds. The van der Waals surface area contributed by atoms with Crippen molar-refractivity contribution in [2.45, 2.75) is 43.8 Å². The second-order valence-corrected chi connectivity index (χ2v) is 7.37. The number of carbonyl (C=O) groups is 2. The van der Waals surface area contributed by atoms with E-state index < -0.39 is 0 Å². The van der Waals surface area contributed by atoms with E-state index in [1.165, 1.54) is 6.42 Å². The van der Waals surface area contributed by atoms with Crippen molar-refractivity contribution in [1.29, 1.82) is 0 Å². The first kappa shape index (κ1) is 15.0. The second-order valence-electron chi connectivity index (χ2n) is 7.37. The van der Waals surface area contributed by atoms with Gasteiger partial charge < -0.3 is 20.0 Å². The lowest BCUT2D eigenvalue weighted by molar-refractivity contribution is 0.0621. The maximum Gasteiger partial charge on any atom is 0.289 e. The van der Waals surface area contributed by atoms with Gasteiger partial charge in [0, 0.05) is 42.2 Å². The summed E-state index contributed by atoms with van der Waals surface area (Å²) in [6.07, 6.45) is 4.40. The molecule has 1 aromatic carbocycles. The van der Waals surface area contributed by atoms with Crippen LogP contribution in [0.3, 0.4) is 0 Å². The fraction of sp³-hybridized carbons (Fsp3) is 0.474. The van der Waals surface area contributed by atoms with Gasteiger partial charge in [0.1, 0.15) is 5.58 Å². The molecule has 2 bridgehead atoms. The number of carbonyl (C=O) groups excluding carboxylic acids is 2. The Morgan fingerprint density at radius 3 is 2.76 bits per heavy atom. The van der Waals surface area contributed by atoms with E-state index in [1.807, 2.05) is 6.07 Å². The van der Waals surface area contributed by atoms with Crippen LogP contribution in [0, 0.1) is 0 Å². The Balaban J connectivity index is 1.34. The van der Waals surface area contributed by atoms with E-state index >= 15 is 0 Å². The number of benzene rings is 1. The monoisotopic (exact) mass is 339 g/mol. The summed E-state index contributed by atoms with van der Waals surface area (Å²) in [5.74, 6) is 0.208. The normalized spacial score (nSPS) is 27.5. The summed E-state index contributed by atoms with van der Waals surface area (Å²) in [7, 11) is 0. The number of nitrogens with zero attached hydrogens (tertiary/aromatic N) is 1. The van der Waals surface area contributed by atoms with Gasteiger partial charge in [0.15, 0.2) is 5.76 Å². The molecule has 0 radical (unpaired) electrons. The first-order valence-corrected chi connectivity index (χ1v) is 9.07. The highest BCUT2D eigenvalue weighted by atomic mass is 16.3. The minimum absolute atomic E-state index is 0.0680. The molecule has 3 fully saturated rings. The van der Waals surface area contributed by atoms with Crippen LogP contribution in [0.25, 0.3) is 11.0 Å². The average Bonchev–Trinajstić information content (AvgIpc) is 3.27. The quantitative estimate of drug-likeness (QED) is 0.896. The third-order valence-electron chi connectivity index (χ3n) is 5.75. The number of fused-ring (bicyclic) bond motifs is 3. The van der Waals surface area contributed by atoms with Crippen LogP contribution in [0.5, 0.6) is 0 Å². The molecule has 0 spiro atoms. The molecule has 130 valence electrons. The molecule has 3 atom stereocenters. The zero-order chi connectivity index (χ0) is 17.0. The molecule has 5 rings (SSSR count). The number of hydrogen-bond donors (Lipinski definition) is 2. The summed E-state index contributed by atoms with van der Waals surface area (Å²) in [5.41, 5.74) is 1.16. The van der Waals surface area contributed by atoms with Crippen LogP contribution in [0.2, 0.25) is 0 Å². The highest BCUT2D eigenvalue weighted by molar-refractivity contribution is 6.00. The van der Waals surface area contributed by atoms with Gasteiger partial charge >= 0.3 is 0 Å². The van der Waals surface area contributed by atoms with Gasteiger partial charge in [-0.1, -0.05) is 6.07 Å². The van der Waals surface area contributed by atoms with E-state index in [0.717, 1.165) is 37.7 Å². The lowest BCUT2D eigenvalue weighted by Crippen LogP contribution is -2.42. The molecule has 0 aliphatic carbocycles. The molecule has 0 unspecified atom stereocenters. The molecule has 6 nitrogen and oxygen atoms in total. The standard InChI is InChI=1S/C19H21N3O3/c23-18(21-15-10-13-4-5-14(15)20-13)12-3-2-11-8-17(25-16(11)9-12)19(24)22-6-1-7-22/h2-3,8-9,13-15,20H,1,4-7,10H2,(H,21,23)/t13-,14+,15-/m1/s1. The number of amides is 2. The highest BCUT2D eigenvalue weighted by Gasteiger charge is 2.39.